The fourth-order valence-corrected chi connectivity index (χ4v) is 4.17. The van der Waals surface area contributed by atoms with E-state index in [1.807, 2.05) is 12.1 Å². The van der Waals surface area contributed by atoms with Crippen LogP contribution in [-0.4, -0.2) is 25.1 Å². The molecule has 136 valence electrons. The number of hydrogen-bond acceptors (Lipinski definition) is 4. The first-order valence-corrected chi connectivity index (χ1v) is 10.0. The third kappa shape index (κ3) is 3.94. The molecule has 0 aliphatic rings. The second kappa shape index (κ2) is 7.40. The van der Waals surface area contributed by atoms with Crippen LogP contribution < -0.4 is 4.72 Å². The van der Waals surface area contributed by atoms with Crippen LogP contribution in [0.15, 0.2) is 47.4 Å². The summed E-state index contributed by atoms with van der Waals surface area (Å²) in [6.07, 6.45) is 0.482. The molecular formula is C18H16Cl2N2O3S. The highest BCUT2D eigenvalue weighted by molar-refractivity contribution is 7.89. The second-order valence-electron chi connectivity index (χ2n) is 5.83. The van der Waals surface area contributed by atoms with E-state index < -0.39 is 15.8 Å². The normalized spacial score (nSPS) is 11.8. The lowest BCUT2D eigenvalue weighted by Crippen LogP contribution is -2.26. The number of aromatic nitrogens is 1. The van der Waals surface area contributed by atoms with Crippen molar-refractivity contribution in [1.29, 1.82) is 0 Å². The molecule has 0 unspecified atom stereocenters. The molecule has 8 heteroatoms. The quantitative estimate of drug-likeness (QED) is 0.663. The topological polar surface area (TPSA) is 79.3 Å². The number of phenolic OH excluding ortho intramolecular Hbond substituents is 1. The molecular weight excluding hydrogens is 395 g/mol. The Bertz CT molecular complexity index is 1070. The third-order valence-corrected chi connectivity index (χ3v) is 5.95. The lowest BCUT2D eigenvalue weighted by molar-refractivity contribution is 0.463. The Labute approximate surface area is 161 Å². The van der Waals surface area contributed by atoms with Gasteiger partial charge in [0, 0.05) is 22.6 Å². The molecule has 0 saturated heterocycles. The molecule has 5 nitrogen and oxygen atoms in total. The van der Waals surface area contributed by atoms with Crippen molar-refractivity contribution < 1.29 is 13.5 Å². The summed E-state index contributed by atoms with van der Waals surface area (Å²) in [6, 6.07) is 11.8. The average molecular weight is 411 g/mol. The zero-order valence-electron chi connectivity index (χ0n) is 13.8. The summed E-state index contributed by atoms with van der Waals surface area (Å²) in [5, 5.41) is 11.8. The molecule has 0 bridgehead atoms. The van der Waals surface area contributed by atoms with E-state index >= 15 is 0 Å². The van der Waals surface area contributed by atoms with E-state index in [9.17, 15) is 13.5 Å². The molecule has 0 fully saturated rings. The molecule has 0 saturated carbocycles. The first kappa shape index (κ1) is 18.9. The molecule has 26 heavy (non-hydrogen) atoms. The van der Waals surface area contributed by atoms with Gasteiger partial charge in [0.15, 0.2) is 5.75 Å². The van der Waals surface area contributed by atoms with Crippen LogP contribution in [-0.2, 0) is 16.4 Å². The SMILES string of the molecule is Cc1ccc2c(Cl)cc(S(=O)(=O)NCCc3ccc(Cl)cc3)c(O)c2n1. The van der Waals surface area contributed by atoms with Gasteiger partial charge in [-0.25, -0.2) is 18.1 Å². The molecule has 3 rings (SSSR count). The standard InChI is InChI=1S/C18H16Cl2N2O3S/c1-11-2-7-14-15(20)10-16(18(23)17(14)22-11)26(24,25)21-9-8-12-3-5-13(19)6-4-12/h2-7,10,21,23H,8-9H2,1H3. The minimum Gasteiger partial charge on any atom is -0.504 e. The number of halogens is 2. The monoisotopic (exact) mass is 410 g/mol. The van der Waals surface area contributed by atoms with Gasteiger partial charge in [-0.1, -0.05) is 35.3 Å². The minimum atomic E-state index is -3.95. The Balaban J connectivity index is 1.86. The predicted octanol–water partition coefficient (Wildman–Crippen LogP) is 4.08. The van der Waals surface area contributed by atoms with E-state index in [4.69, 9.17) is 23.2 Å². The summed E-state index contributed by atoms with van der Waals surface area (Å²) in [4.78, 5) is 3.92. The van der Waals surface area contributed by atoms with Crippen LogP contribution in [0.3, 0.4) is 0 Å². The largest absolute Gasteiger partial charge is 0.504 e. The van der Waals surface area contributed by atoms with E-state index in [1.54, 1.807) is 31.2 Å². The number of fused-ring (bicyclic) bond motifs is 1. The number of pyridine rings is 1. The van der Waals surface area contributed by atoms with Crippen molar-refractivity contribution in [3.63, 3.8) is 0 Å². The Morgan fingerprint density at radius 3 is 2.50 bits per heavy atom. The second-order valence-corrected chi connectivity index (χ2v) is 8.41. The van der Waals surface area contributed by atoms with Crippen LogP contribution in [0.25, 0.3) is 10.9 Å². The van der Waals surface area contributed by atoms with Crippen LogP contribution in [0.2, 0.25) is 10.0 Å². The first-order chi connectivity index (χ1) is 12.3. The first-order valence-electron chi connectivity index (χ1n) is 7.81. The lowest BCUT2D eigenvalue weighted by atomic mass is 10.2. The number of phenols is 1. The maximum Gasteiger partial charge on any atom is 0.244 e. The van der Waals surface area contributed by atoms with Crippen molar-refractivity contribution in [2.45, 2.75) is 18.2 Å². The van der Waals surface area contributed by atoms with Crippen molar-refractivity contribution in [3.05, 3.63) is 63.8 Å². The number of nitrogens with one attached hydrogen (secondary N) is 1. The number of sulfonamides is 1. The fraction of sp³-hybridized carbons (Fsp3) is 0.167. The van der Waals surface area contributed by atoms with Gasteiger partial charge in [-0.05, 0) is 49.2 Å². The van der Waals surface area contributed by atoms with Crippen molar-refractivity contribution in [2.75, 3.05) is 6.54 Å². The van der Waals surface area contributed by atoms with Gasteiger partial charge in [0.2, 0.25) is 10.0 Å². The van der Waals surface area contributed by atoms with Crippen molar-refractivity contribution in [2.24, 2.45) is 0 Å². The molecule has 0 atom stereocenters. The zero-order valence-corrected chi connectivity index (χ0v) is 16.2. The summed E-state index contributed by atoms with van der Waals surface area (Å²) in [5.41, 5.74) is 1.75. The lowest BCUT2D eigenvalue weighted by Gasteiger charge is -2.12. The van der Waals surface area contributed by atoms with E-state index in [1.165, 1.54) is 6.07 Å². The van der Waals surface area contributed by atoms with Crippen LogP contribution in [0.1, 0.15) is 11.3 Å². The molecule has 2 aromatic carbocycles. The predicted molar refractivity (Wildman–Crippen MR) is 103 cm³/mol. The molecule has 1 heterocycles. The summed E-state index contributed by atoms with van der Waals surface area (Å²) in [7, 11) is -3.95. The van der Waals surface area contributed by atoms with E-state index in [0.29, 0.717) is 22.5 Å². The van der Waals surface area contributed by atoms with E-state index in [-0.39, 0.29) is 22.0 Å². The summed E-state index contributed by atoms with van der Waals surface area (Å²) in [5.74, 6) is -0.410. The number of hydrogen-bond donors (Lipinski definition) is 2. The van der Waals surface area contributed by atoms with Gasteiger partial charge in [0.05, 0.1) is 5.02 Å². The number of benzene rings is 2. The van der Waals surface area contributed by atoms with E-state index in [2.05, 4.69) is 9.71 Å². The van der Waals surface area contributed by atoms with Gasteiger partial charge in [-0.3, -0.25) is 0 Å². The summed E-state index contributed by atoms with van der Waals surface area (Å²) < 4.78 is 27.7. The molecule has 1 aromatic heterocycles. The molecule has 2 N–H and O–H groups in total. The minimum absolute atomic E-state index is 0.163. The van der Waals surface area contributed by atoms with Gasteiger partial charge in [0.1, 0.15) is 10.4 Å². The summed E-state index contributed by atoms with van der Waals surface area (Å²) >= 11 is 12.0. The van der Waals surface area contributed by atoms with Crippen molar-refractivity contribution in [1.82, 2.24) is 9.71 Å². The van der Waals surface area contributed by atoms with Gasteiger partial charge < -0.3 is 5.11 Å². The van der Waals surface area contributed by atoms with Crippen LogP contribution in [0, 0.1) is 6.92 Å². The smallest absolute Gasteiger partial charge is 0.244 e. The van der Waals surface area contributed by atoms with Crippen LogP contribution in [0.4, 0.5) is 0 Å². The number of aromatic hydroxyl groups is 1. The highest BCUT2D eigenvalue weighted by Gasteiger charge is 2.22. The maximum atomic E-state index is 12.6. The van der Waals surface area contributed by atoms with Crippen molar-refractivity contribution in [3.8, 4) is 5.75 Å². The highest BCUT2D eigenvalue weighted by Crippen LogP contribution is 2.35. The molecule has 0 aliphatic carbocycles. The Morgan fingerprint density at radius 1 is 1.12 bits per heavy atom. The van der Waals surface area contributed by atoms with Gasteiger partial charge in [-0.15, -0.1) is 0 Å². The van der Waals surface area contributed by atoms with Crippen molar-refractivity contribution >= 4 is 44.1 Å². The van der Waals surface area contributed by atoms with Gasteiger partial charge in [0.25, 0.3) is 0 Å². The van der Waals surface area contributed by atoms with Gasteiger partial charge in [-0.2, -0.15) is 0 Å². The molecule has 0 amide bonds. The molecule has 0 spiro atoms. The van der Waals surface area contributed by atoms with E-state index in [0.717, 1.165) is 5.56 Å². The van der Waals surface area contributed by atoms with Gasteiger partial charge >= 0.3 is 0 Å². The number of nitrogens with zero attached hydrogens (tertiary/aromatic N) is 1. The van der Waals surface area contributed by atoms with Crippen LogP contribution >= 0.6 is 23.2 Å². The highest BCUT2D eigenvalue weighted by atomic mass is 35.5. The molecule has 3 aromatic rings. The summed E-state index contributed by atoms with van der Waals surface area (Å²) in [6.45, 7) is 1.92. The fourth-order valence-electron chi connectivity index (χ4n) is 2.57. The van der Waals surface area contributed by atoms with Crippen LogP contribution in [0.5, 0.6) is 5.75 Å². The molecule has 0 radical (unpaired) electrons. The Morgan fingerprint density at radius 2 is 1.81 bits per heavy atom. The molecule has 0 aliphatic heterocycles. The Hall–Kier alpha value is -1.86. The number of rotatable bonds is 5. The Kier molecular flexibility index (Phi) is 5.39. The number of aryl methyl sites for hydroxylation is 1. The maximum absolute atomic E-state index is 12.6. The zero-order chi connectivity index (χ0) is 18.9. The average Bonchev–Trinajstić information content (AvgIpc) is 2.59. The third-order valence-electron chi connectivity index (χ3n) is 3.92.